The summed E-state index contributed by atoms with van der Waals surface area (Å²) in [5.41, 5.74) is 10.6. The fraction of sp³-hybridized carbons (Fsp3) is 0.400. The zero-order valence-corrected chi connectivity index (χ0v) is 4.91. The first kappa shape index (κ1) is 6.10. The van der Waals surface area contributed by atoms with Gasteiger partial charge in [-0.25, -0.2) is 0 Å². The molecule has 0 saturated heterocycles. The molecule has 1 rings (SSSR count). The van der Waals surface area contributed by atoms with Crippen LogP contribution in [0.1, 0.15) is 0 Å². The Bertz CT molecular complexity index is 173. The topological polar surface area (TPSA) is 84.6 Å². The van der Waals surface area contributed by atoms with Crippen molar-refractivity contribution in [3.05, 3.63) is 11.8 Å². The Morgan fingerprint density at radius 2 is 2.44 bits per heavy atom. The maximum atomic E-state index is 8.92. The molecule has 4 nitrogen and oxygen atoms in total. The fourth-order valence-electron chi connectivity index (χ4n) is 0.601. The highest BCUT2D eigenvalue weighted by atomic mass is 16.3. The fourth-order valence-corrected chi connectivity index (χ4v) is 0.601. The first-order chi connectivity index (χ1) is 4.20. The zero-order valence-electron chi connectivity index (χ0n) is 4.91. The Hall–Kier alpha value is -1.03. The second-order valence-electron chi connectivity index (χ2n) is 1.94. The molecule has 5 N–H and O–H groups in total. The largest absolute Gasteiger partial charge is 0.510 e. The van der Waals surface area contributed by atoms with Crippen LogP contribution in [0.15, 0.2) is 16.8 Å². The van der Waals surface area contributed by atoms with E-state index >= 15 is 0 Å². The molecule has 0 aromatic carbocycles. The lowest BCUT2D eigenvalue weighted by Gasteiger charge is -2.11. The van der Waals surface area contributed by atoms with Crippen LogP contribution < -0.4 is 11.5 Å². The van der Waals surface area contributed by atoms with Crippen LogP contribution in [0.4, 0.5) is 0 Å². The molecule has 0 aromatic heterocycles. The van der Waals surface area contributed by atoms with Gasteiger partial charge in [-0.05, 0) is 0 Å². The van der Waals surface area contributed by atoms with Crippen LogP contribution in [-0.4, -0.2) is 23.5 Å². The average molecular weight is 127 g/mol. The van der Waals surface area contributed by atoms with Gasteiger partial charge in [0.25, 0.3) is 0 Å². The standard InChI is InChI=1S/C5H9N3O/c6-3-2-8-5(7)1-4(3)9/h1,3,9H,2,6H2,(H2,7,8). The zero-order chi connectivity index (χ0) is 6.85. The predicted molar refractivity (Wildman–Crippen MR) is 35.2 cm³/mol. The maximum Gasteiger partial charge on any atom is 0.121 e. The van der Waals surface area contributed by atoms with Crippen LogP contribution in [-0.2, 0) is 0 Å². The molecule has 1 aliphatic rings. The van der Waals surface area contributed by atoms with Crippen molar-refractivity contribution in [3.8, 4) is 0 Å². The van der Waals surface area contributed by atoms with Gasteiger partial charge in [0.15, 0.2) is 0 Å². The highest BCUT2D eigenvalue weighted by molar-refractivity contribution is 5.92. The van der Waals surface area contributed by atoms with Gasteiger partial charge >= 0.3 is 0 Å². The minimum atomic E-state index is -0.364. The van der Waals surface area contributed by atoms with Gasteiger partial charge in [-0.1, -0.05) is 0 Å². The van der Waals surface area contributed by atoms with E-state index in [9.17, 15) is 0 Å². The van der Waals surface area contributed by atoms with E-state index in [2.05, 4.69) is 4.99 Å². The number of hydrogen-bond acceptors (Lipinski definition) is 4. The molecule has 0 saturated carbocycles. The smallest absolute Gasteiger partial charge is 0.121 e. The third kappa shape index (κ3) is 1.20. The van der Waals surface area contributed by atoms with E-state index < -0.39 is 0 Å². The van der Waals surface area contributed by atoms with Gasteiger partial charge < -0.3 is 16.6 Å². The van der Waals surface area contributed by atoms with E-state index in [1.807, 2.05) is 0 Å². The summed E-state index contributed by atoms with van der Waals surface area (Å²) >= 11 is 0. The minimum absolute atomic E-state index is 0.113. The molecule has 0 fully saturated rings. The number of aliphatic hydroxyl groups is 1. The molecule has 1 atom stereocenters. The van der Waals surface area contributed by atoms with Gasteiger partial charge in [-0.15, -0.1) is 0 Å². The molecule has 0 amide bonds. The van der Waals surface area contributed by atoms with Crippen LogP contribution >= 0.6 is 0 Å². The Labute approximate surface area is 52.9 Å². The number of nitrogens with two attached hydrogens (primary N) is 2. The molecule has 0 spiro atoms. The quantitative estimate of drug-likeness (QED) is 0.395. The van der Waals surface area contributed by atoms with Crippen LogP contribution in [0.3, 0.4) is 0 Å². The lowest BCUT2D eigenvalue weighted by molar-refractivity contribution is 0.367. The van der Waals surface area contributed by atoms with Gasteiger partial charge in [-0.3, -0.25) is 4.99 Å². The average Bonchev–Trinajstić information content (AvgIpc) is 1.80. The second-order valence-corrected chi connectivity index (χ2v) is 1.94. The maximum absolute atomic E-state index is 8.92. The Kier molecular flexibility index (Phi) is 1.40. The normalized spacial score (nSPS) is 27.0. The lowest BCUT2D eigenvalue weighted by atomic mass is 10.2. The number of aliphatic imine (C=N–C) groups is 1. The molecule has 1 aliphatic heterocycles. The van der Waals surface area contributed by atoms with Crippen LogP contribution in [0.5, 0.6) is 0 Å². The highest BCUT2D eigenvalue weighted by Gasteiger charge is 2.11. The number of dihydropyridines is 1. The Morgan fingerprint density at radius 1 is 1.78 bits per heavy atom. The monoisotopic (exact) mass is 127 g/mol. The summed E-state index contributed by atoms with van der Waals surface area (Å²) in [4.78, 5) is 3.79. The third-order valence-electron chi connectivity index (χ3n) is 1.15. The van der Waals surface area contributed by atoms with Crippen LogP contribution in [0.25, 0.3) is 0 Å². The van der Waals surface area contributed by atoms with Gasteiger partial charge in [0, 0.05) is 6.08 Å². The summed E-state index contributed by atoms with van der Waals surface area (Å²) < 4.78 is 0. The van der Waals surface area contributed by atoms with E-state index in [-0.39, 0.29) is 11.8 Å². The number of aliphatic hydroxyl groups excluding tert-OH is 1. The minimum Gasteiger partial charge on any atom is -0.510 e. The second kappa shape index (κ2) is 2.06. The molecule has 0 aliphatic carbocycles. The molecule has 50 valence electrons. The van der Waals surface area contributed by atoms with E-state index in [4.69, 9.17) is 16.6 Å². The van der Waals surface area contributed by atoms with Crippen molar-refractivity contribution in [2.45, 2.75) is 6.04 Å². The van der Waals surface area contributed by atoms with E-state index in [0.29, 0.717) is 12.4 Å². The van der Waals surface area contributed by atoms with Crippen molar-refractivity contribution < 1.29 is 5.11 Å². The molecular formula is C5H9N3O. The lowest BCUT2D eigenvalue weighted by Crippen LogP contribution is -2.31. The SMILES string of the molecule is NC1=NCC(N)C(O)=C1. The summed E-state index contributed by atoms with van der Waals surface area (Å²) in [7, 11) is 0. The number of rotatable bonds is 0. The summed E-state index contributed by atoms with van der Waals surface area (Å²) in [6.45, 7) is 0.383. The van der Waals surface area contributed by atoms with Crippen LogP contribution in [0, 0.1) is 0 Å². The van der Waals surface area contributed by atoms with Crippen molar-refractivity contribution in [1.82, 2.24) is 0 Å². The molecule has 0 bridgehead atoms. The molecule has 0 radical (unpaired) electrons. The van der Waals surface area contributed by atoms with Crippen molar-refractivity contribution in [2.24, 2.45) is 16.5 Å². The molecule has 1 heterocycles. The summed E-state index contributed by atoms with van der Waals surface area (Å²) in [5, 5.41) is 8.92. The molecule has 9 heavy (non-hydrogen) atoms. The highest BCUT2D eigenvalue weighted by Crippen LogP contribution is 2.00. The molecule has 1 unspecified atom stereocenters. The van der Waals surface area contributed by atoms with E-state index in [0.717, 1.165) is 0 Å². The summed E-state index contributed by atoms with van der Waals surface area (Å²) in [5.74, 6) is 0.455. The molecular weight excluding hydrogens is 118 g/mol. The first-order valence-electron chi connectivity index (χ1n) is 2.66. The molecule has 0 aromatic rings. The predicted octanol–water partition coefficient (Wildman–Crippen LogP) is -0.874. The van der Waals surface area contributed by atoms with Crippen molar-refractivity contribution in [1.29, 1.82) is 0 Å². The number of amidine groups is 1. The summed E-state index contributed by atoms with van der Waals surface area (Å²) in [6, 6.07) is -0.364. The van der Waals surface area contributed by atoms with Crippen molar-refractivity contribution >= 4 is 5.84 Å². The summed E-state index contributed by atoms with van der Waals surface area (Å²) in [6.07, 6.45) is 1.37. The Morgan fingerprint density at radius 3 is 2.89 bits per heavy atom. The van der Waals surface area contributed by atoms with Gasteiger partial charge in [-0.2, -0.15) is 0 Å². The molecule has 4 heteroatoms. The van der Waals surface area contributed by atoms with Gasteiger partial charge in [0.1, 0.15) is 11.6 Å². The third-order valence-corrected chi connectivity index (χ3v) is 1.15. The van der Waals surface area contributed by atoms with Gasteiger partial charge in [0.2, 0.25) is 0 Å². The number of hydrogen-bond donors (Lipinski definition) is 3. The Balaban J connectivity index is 2.74. The van der Waals surface area contributed by atoms with Crippen LogP contribution in [0.2, 0.25) is 0 Å². The number of nitrogens with zero attached hydrogens (tertiary/aromatic N) is 1. The van der Waals surface area contributed by atoms with Crippen molar-refractivity contribution in [2.75, 3.05) is 6.54 Å². The van der Waals surface area contributed by atoms with E-state index in [1.54, 1.807) is 0 Å². The van der Waals surface area contributed by atoms with E-state index in [1.165, 1.54) is 6.08 Å². The van der Waals surface area contributed by atoms with Crippen molar-refractivity contribution in [3.63, 3.8) is 0 Å². The first-order valence-corrected chi connectivity index (χ1v) is 2.66. The van der Waals surface area contributed by atoms with Gasteiger partial charge in [0.05, 0.1) is 12.6 Å².